The fourth-order valence-electron chi connectivity index (χ4n) is 3.68. The minimum Gasteiger partial charge on any atom is -0.497 e. The molecule has 0 aliphatic carbocycles. The second-order valence-electron chi connectivity index (χ2n) is 8.56. The van der Waals surface area contributed by atoms with Gasteiger partial charge in [-0.05, 0) is 86.0 Å². The molecule has 0 saturated carbocycles. The third-order valence-electron chi connectivity index (χ3n) is 5.99. The molecule has 0 bridgehead atoms. The van der Waals surface area contributed by atoms with Gasteiger partial charge in [0.15, 0.2) is 11.4 Å². The number of aromatic nitrogens is 2. The number of methoxy groups -OCH3 is 1. The highest BCUT2D eigenvalue weighted by atomic mass is 16.5. The number of anilines is 2. The second kappa shape index (κ2) is 11.4. The molecule has 1 heterocycles. The first-order valence-electron chi connectivity index (χ1n) is 12.1. The number of carbonyl (C=O) groups is 1. The molecule has 0 radical (unpaired) electrons. The van der Waals surface area contributed by atoms with E-state index in [1.165, 1.54) is 10.9 Å². The number of rotatable bonds is 9. The molecule has 0 atom stereocenters. The average molecular weight is 499 g/mol. The molecule has 4 rings (SSSR count). The maximum atomic E-state index is 13.6. The first-order chi connectivity index (χ1) is 17.9. The molecule has 1 amide bonds. The highest BCUT2D eigenvalue weighted by molar-refractivity contribution is 5.94. The molecule has 0 fully saturated rings. The number of nitrogens with one attached hydrogen (secondary N) is 2. The summed E-state index contributed by atoms with van der Waals surface area (Å²) in [6.07, 6.45) is 2.37. The maximum Gasteiger partial charge on any atom is 0.299 e. The predicted octanol–water partition coefficient (Wildman–Crippen LogP) is 5.53. The van der Waals surface area contributed by atoms with E-state index in [9.17, 15) is 9.59 Å². The van der Waals surface area contributed by atoms with Gasteiger partial charge in [-0.25, -0.2) is 0 Å². The molecule has 0 aliphatic rings. The summed E-state index contributed by atoms with van der Waals surface area (Å²) in [6, 6.07) is 19.7. The summed E-state index contributed by atoms with van der Waals surface area (Å²) in [6.45, 7) is 6.57. The zero-order chi connectivity index (χ0) is 26.4. The van der Waals surface area contributed by atoms with Gasteiger partial charge in [-0.2, -0.15) is 9.78 Å². The van der Waals surface area contributed by atoms with Gasteiger partial charge < -0.3 is 20.1 Å². The number of aryl methyl sites for hydroxylation is 1. The first kappa shape index (κ1) is 25.5. The fourth-order valence-corrected chi connectivity index (χ4v) is 3.68. The van der Waals surface area contributed by atoms with Crippen molar-refractivity contribution in [2.75, 3.05) is 19.0 Å². The molecule has 37 heavy (non-hydrogen) atoms. The van der Waals surface area contributed by atoms with Crippen molar-refractivity contribution in [3.8, 4) is 22.9 Å². The zero-order valence-electron chi connectivity index (χ0n) is 21.4. The highest BCUT2D eigenvalue weighted by Crippen LogP contribution is 2.32. The van der Waals surface area contributed by atoms with Gasteiger partial charge in [0, 0.05) is 17.8 Å². The van der Waals surface area contributed by atoms with Crippen LogP contribution in [0.5, 0.6) is 17.2 Å². The SMILES string of the molecule is CCCNC(=O)c1ccc(Nc2c(Oc3cccc(C)c3C)cnn(-c3ccc(OC)cc3)c2=O)cc1. The van der Waals surface area contributed by atoms with Crippen LogP contribution in [-0.4, -0.2) is 29.3 Å². The standard InChI is InChI=1S/C29H30N4O4/c1-5-17-30-28(34)21-9-11-22(12-10-21)32-27-26(37-25-8-6-7-19(2)20(25)3)18-31-33(29(27)35)23-13-15-24(36-4)16-14-23/h6-16,18,32H,5,17H2,1-4H3,(H,30,34). The molecule has 0 saturated heterocycles. The van der Waals surface area contributed by atoms with Crippen molar-refractivity contribution in [2.24, 2.45) is 0 Å². The monoisotopic (exact) mass is 498 g/mol. The number of benzene rings is 3. The van der Waals surface area contributed by atoms with E-state index in [0.717, 1.165) is 17.5 Å². The van der Waals surface area contributed by atoms with Gasteiger partial charge in [-0.1, -0.05) is 19.1 Å². The minimum absolute atomic E-state index is 0.141. The van der Waals surface area contributed by atoms with E-state index in [-0.39, 0.29) is 17.3 Å². The molecule has 0 unspecified atom stereocenters. The van der Waals surface area contributed by atoms with Crippen molar-refractivity contribution in [2.45, 2.75) is 27.2 Å². The Morgan fingerprint density at radius 2 is 1.70 bits per heavy atom. The number of carbonyl (C=O) groups excluding carboxylic acids is 1. The number of hydrogen-bond acceptors (Lipinski definition) is 6. The fraction of sp³-hybridized carbons (Fsp3) is 0.207. The summed E-state index contributed by atoms with van der Waals surface area (Å²) in [5.74, 6) is 1.45. The Morgan fingerprint density at radius 3 is 2.38 bits per heavy atom. The van der Waals surface area contributed by atoms with E-state index >= 15 is 0 Å². The Bertz CT molecular complexity index is 1440. The van der Waals surface area contributed by atoms with Gasteiger partial charge in [-0.3, -0.25) is 9.59 Å². The van der Waals surface area contributed by atoms with Crippen LogP contribution in [0.4, 0.5) is 11.4 Å². The lowest BCUT2D eigenvalue weighted by Gasteiger charge is -2.16. The summed E-state index contributed by atoms with van der Waals surface area (Å²) in [5, 5.41) is 10.4. The van der Waals surface area contributed by atoms with Crippen molar-refractivity contribution in [1.29, 1.82) is 0 Å². The lowest BCUT2D eigenvalue weighted by atomic mass is 10.1. The van der Waals surface area contributed by atoms with Gasteiger partial charge in [0.05, 0.1) is 19.0 Å². The van der Waals surface area contributed by atoms with Crippen molar-refractivity contribution in [3.05, 3.63) is 100.0 Å². The summed E-state index contributed by atoms with van der Waals surface area (Å²) >= 11 is 0. The summed E-state index contributed by atoms with van der Waals surface area (Å²) in [4.78, 5) is 25.9. The topological polar surface area (TPSA) is 94.5 Å². The molecular weight excluding hydrogens is 468 g/mol. The van der Waals surface area contributed by atoms with Gasteiger partial charge >= 0.3 is 0 Å². The van der Waals surface area contributed by atoms with Crippen LogP contribution < -0.4 is 25.7 Å². The van der Waals surface area contributed by atoms with Crippen molar-refractivity contribution in [1.82, 2.24) is 15.1 Å². The number of nitrogens with zero attached hydrogens (tertiary/aromatic N) is 2. The summed E-state index contributed by atoms with van der Waals surface area (Å²) in [5.41, 5.74) is 3.61. The van der Waals surface area contributed by atoms with Crippen LogP contribution in [0.3, 0.4) is 0 Å². The molecule has 0 aliphatic heterocycles. The van der Waals surface area contributed by atoms with Gasteiger partial charge in [0.1, 0.15) is 11.5 Å². The van der Waals surface area contributed by atoms with E-state index in [1.54, 1.807) is 55.6 Å². The van der Waals surface area contributed by atoms with Crippen LogP contribution >= 0.6 is 0 Å². The van der Waals surface area contributed by atoms with E-state index in [1.807, 2.05) is 39.0 Å². The Kier molecular flexibility index (Phi) is 7.88. The van der Waals surface area contributed by atoms with Gasteiger partial charge in [0.25, 0.3) is 11.5 Å². The largest absolute Gasteiger partial charge is 0.497 e. The van der Waals surface area contributed by atoms with Crippen LogP contribution in [-0.2, 0) is 0 Å². The van der Waals surface area contributed by atoms with Crippen molar-refractivity contribution >= 4 is 17.3 Å². The molecule has 4 aromatic rings. The van der Waals surface area contributed by atoms with Crippen molar-refractivity contribution < 1.29 is 14.3 Å². The van der Waals surface area contributed by atoms with Crippen LogP contribution in [0.2, 0.25) is 0 Å². The molecule has 8 heteroatoms. The maximum absolute atomic E-state index is 13.6. The Hall–Kier alpha value is -4.59. The van der Waals surface area contributed by atoms with Gasteiger partial charge in [0.2, 0.25) is 0 Å². The lowest BCUT2D eigenvalue weighted by molar-refractivity contribution is 0.0953. The molecule has 8 nitrogen and oxygen atoms in total. The van der Waals surface area contributed by atoms with Crippen LogP contribution in [0.25, 0.3) is 5.69 Å². The Balaban J connectivity index is 1.73. The van der Waals surface area contributed by atoms with Gasteiger partial charge in [-0.15, -0.1) is 0 Å². The molecule has 2 N–H and O–H groups in total. The normalized spacial score (nSPS) is 10.6. The third-order valence-corrected chi connectivity index (χ3v) is 5.99. The molecule has 0 spiro atoms. The average Bonchev–Trinajstić information content (AvgIpc) is 2.92. The van der Waals surface area contributed by atoms with Crippen molar-refractivity contribution in [3.63, 3.8) is 0 Å². The van der Waals surface area contributed by atoms with E-state index in [4.69, 9.17) is 9.47 Å². The van der Waals surface area contributed by atoms with Crippen LogP contribution in [0.1, 0.15) is 34.8 Å². The number of ether oxygens (including phenoxy) is 2. The minimum atomic E-state index is -0.391. The van der Waals surface area contributed by atoms with E-state index < -0.39 is 5.56 Å². The highest BCUT2D eigenvalue weighted by Gasteiger charge is 2.17. The summed E-state index contributed by atoms with van der Waals surface area (Å²) in [7, 11) is 1.58. The number of hydrogen-bond donors (Lipinski definition) is 2. The lowest BCUT2D eigenvalue weighted by Crippen LogP contribution is -2.24. The first-order valence-corrected chi connectivity index (χ1v) is 12.1. The van der Waals surface area contributed by atoms with E-state index in [2.05, 4.69) is 15.7 Å². The third kappa shape index (κ3) is 5.81. The Morgan fingerprint density at radius 1 is 0.973 bits per heavy atom. The molecule has 190 valence electrons. The quantitative estimate of drug-likeness (QED) is 0.315. The van der Waals surface area contributed by atoms with Crippen LogP contribution in [0, 0.1) is 13.8 Å². The molecule has 3 aromatic carbocycles. The van der Waals surface area contributed by atoms with Crippen LogP contribution in [0.15, 0.2) is 77.7 Å². The second-order valence-corrected chi connectivity index (χ2v) is 8.56. The predicted molar refractivity (Wildman–Crippen MR) is 145 cm³/mol. The number of amides is 1. The summed E-state index contributed by atoms with van der Waals surface area (Å²) < 4.78 is 12.7. The molecule has 1 aromatic heterocycles. The van der Waals surface area contributed by atoms with E-state index in [0.29, 0.717) is 35.0 Å². The molecular formula is C29H30N4O4. The smallest absolute Gasteiger partial charge is 0.299 e. The Labute approximate surface area is 215 Å². The zero-order valence-corrected chi connectivity index (χ0v) is 21.4.